The van der Waals surface area contributed by atoms with Crippen molar-refractivity contribution in [3.05, 3.63) is 0 Å². The molecule has 0 aromatic carbocycles. The zero-order chi connectivity index (χ0) is 10.8. The molecule has 0 N–H and O–H groups in total. The molecule has 1 saturated heterocycles. The summed E-state index contributed by atoms with van der Waals surface area (Å²) in [5, 5.41) is 0. The van der Waals surface area contributed by atoms with Crippen LogP contribution in [0.4, 0.5) is 13.2 Å². The Labute approximate surface area is 87.9 Å². The van der Waals surface area contributed by atoms with Crippen LogP contribution in [-0.4, -0.2) is 36.6 Å². The van der Waals surface area contributed by atoms with Crippen molar-refractivity contribution in [2.75, 3.05) is 17.3 Å². The quantitative estimate of drug-likeness (QED) is 0.563. The van der Waals surface area contributed by atoms with Gasteiger partial charge >= 0.3 is 15.6 Å². The van der Waals surface area contributed by atoms with Crippen LogP contribution in [0.15, 0.2) is 0 Å². The molecule has 1 aliphatic heterocycles. The van der Waals surface area contributed by atoms with E-state index in [1.54, 1.807) is 0 Å². The first-order valence-corrected chi connectivity index (χ1v) is 7.13. The van der Waals surface area contributed by atoms with E-state index >= 15 is 0 Å². The minimum atomic E-state index is -5.43. The summed E-state index contributed by atoms with van der Waals surface area (Å²) in [5.74, 6) is 1.67. The lowest BCUT2D eigenvalue weighted by molar-refractivity contribution is -0.0545. The van der Waals surface area contributed by atoms with Gasteiger partial charge in [0.1, 0.15) is 5.44 Å². The van der Waals surface area contributed by atoms with E-state index in [9.17, 15) is 21.6 Å². The van der Waals surface area contributed by atoms with Crippen molar-refractivity contribution < 1.29 is 25.8 Å². The molecule has 1 aliphatic rings. The molecule has 0 aromatic heterocycles. The van der Waals surface area contributed by atoms with Crippen LogP contribution in [0.5, 0.6) is 0 Å². The zero-order valence-electron chi connectivity index (χ0n) is 6.78. The average molecular weight is 268 g/mol. The van der Waals surface area contributed by atoms with Gasteiger partial charge in [-0.1, -0.05) is 0 Å². The van der Waals surface area contributed by atoms with Gasteiger partial charge in [-0.15, -0.1) is 11.8 Å². The second-order valence-electron chi connectivity index (χ2n) is 2.37. The maximum Gasteiger partial charge on any atom is 0.523 e. The van der Waals surface area contributed by atoms with E-state index in [0.29, 0.717) is 5.75 Å². The van der Waals surface area contributed by atoms with E-state index in [1.807, 2.05) is 0 Å². The van der Waals surface area contributed by atoms with Crippen LogP contribution in [0, 0.1) is 0 Å². The molecule has 0 bridgehead atoms. The van der Waals surface area contributed by atoms with Gasteiger partial charge in [-0.3, -0.25) is 0 Å². The fourth-order valence-electron chi connectivity index (χ4n) is 0.718. The van der Waals surface area contributed by atoms with Gasteiger partial charge in [-0.05, 0) is 0 Å². The summed E-state index contributed by atoms with van der Waals surface area (Å²) in [6.07, 6.45) is 0. The third-order valence-electron chi connectivity index (χ3n) is 1.30. The van der Waals surface area contributed by atoms with E-state index < -0.39 is 21.1 Å². The van der Waals surface area contributed by atoms with Gasteiger partial charge in [0, 0.05) is 17.3 Å². The summed E-state index contributed by atoms with van der Waals surface area (Å²) in [6, 6.07) is 0. The van der Waals surface area contributed by atoms with Crippen molar-refractivity contribution in [3.63, 3.8) is 0 Å². The van der Waals surface area contributed by atoms with E-state index in [2.05, 4.69) is 4.18 Å². The number of hydrogen-bond donors (Lipinski definition) is 0. The van der Waals surface area contributed by atoms with Gasteiger partial charge in [0.15, 0.2) is 0 Å². The highest BCUT2D eigenvalue weighted by molar-refractivity contribution is 8.06. The SMILES string of the molecule is O=S(=O)(OC1CSCCS1)C(F)(F)F. The highest BCUT2D eigenvalue weighted by Gasteiger charge is 2.48. The van der Waals surface area contributed by atoms with Gasteiger partial charge in [0.05, 0.1) is 0 Å². The number of alkyl halides is 3. The predicted octanol–water partition coefficient (Wildman–Crippen LogP) is 1.66. The van der Waals surface area contributed by atoms with Crippen LogP contribution >= 0.6 is 23.5 Å². The fraction of sp³-hybridized carbons (Fsp3) is 1.00. The van der Waals surface area contributed by atoms with Crippen LogP contribution in [-0.2, 0) is 14.3 Å². The topological polar surface area (TPSA) is 43.4 Å². The maximum absolute atomic E-state index is 11.9. The van der Waals surface area contributed by atoms with Crippen molar-refractivity contribution >= 4 is 33.6 Å². The van der Waals surface area contributed by atoms with E-state index in [4.69, 9.17) is 0 Å². The summed E-state index contributed by atoms with van der Waals surface area (Å²) in [6.45, 7) is 0. The summed E-state index contributed by atoms with van der Waals surface area (Å²) in [5.41, 5.74) is -6.24. The van der Waals surface area contributed by atoms with E-state index in [1.165, 1.54) is 11.8 Å². The van der Waals surface area contributed by atoms with Crippen LogP contribution in [0.25, 0.3) is 0 Å². The Hall–Kier alpha value is 0.400. The maximum atomic E-state index is 11.9. The minimum absolute atomic E-state index is 0.264. The first kappa shape index (κ1) is 12.5. The normalized spacial score (nSPS) is 24.9. The minimum Gasteiger partial charge on any atom is -0.248 e. The van der Waals surface area contributed by atoms with Crippen molar-refractivity contribution in [2.45, 2.75) is 10.9 Å². The van der Waals surface area contributed by atoms with Crippen molar-refractivity contribution in [3.8, 4) is 0 Å². The largest absolute Gasteiger partial charge is 0.523 e. The number of rotatable bonds is 2. The molecule has 14 heavy (non-hydrogen) atoms. The first-order valence-electron chi connectivity index (χ1n) is 3.52. The lowest BCUT2D eigenvalue weighted by Crippen LogP contribution is -2.31. The monoisotopic (exact) mass is 268 g/mol. The third-order valence-corrected chi connectivity index (χ3v) is 5.05. The number of halogens is 3. The molecule has 84 valence electrons. The molecule has 0 amide bonds. The molecular formula is C5H7F3O3S3. The zero-order valence-corrected chi connectivity index (χ0v) is 9.23. The van der Waals surface area contributed by atoms with Crippen molar-refractivity contribution in [1.82, 2.24) is 0 Å². The van der Waals surface area contributed by atoms with E-state index in [-0.39, 0.29) is 5.75 Å². The molecule has 1 atom stereocenters. The third kappa shape index (κ3) is 3.21. The first-order chi connectivity index (χ1) is 6.33. The number of thioether (sulfide) groups is 2. The van der Waals surface area contributed by atoms with Crippen molar-refractivity contribution in [2.24, 2.45) is 0 Å². The highest BCUT2D eigenvalue weighted by Crippen LogP contribution is 2.31. The van der Waals surface area contributed by atoms with Crippen LogP contribution in [0.1, 0.15) is 0 Å². The summed E-state index contributed by atoms with van der Waals surface area (Å²) in [7, 11) is -5.43. The molecule has 1 fully saturated rings. The second-order valence-corrected chi connectivity index (χ2v) is 6.35. The molecule has 0 radical (unpaired) electrons. The highest BCUT2D eigenvalue weighted by atomic mass is 32.2. The van der Waals surface area contributed by atoms with E-state index in [0.717, 1.165) is 17.5 Å². The van der Waals surface area contributed by atoms with Gasteiger partial charge < -0.3 is 0 Å². The Morgan fingerprint density at radius 2 is 1.93 bits per heavy atom. The molecule has 0 aliphatic carbocycles. The Morgan fingerprint density at radius 1 is 1.29 bits per heavy atom. The Kier molecular flexibility index (Phi) is 4.01. The molecule has 0 spiro atoms. The number of hydrogen-bond acceptors (Lipinski definition) is 5. The molecule has 1 rings (SSSR count). The van der Waals surface area contributed by atoms with Gasteiger partial charge in [0.2, 0.25) is 0 Å². The van der Waals surface area contributed by atoms with Crippen molar-refractivity contribution in [1.29, 1.82) is 0 Å². The van der Waals surface area contributed by atoms with Gasteiger partial charge in [-0.25, -0.2) is 4.18 Å². The molecule has 9 heteroatoms. The molecule has 0 saturated carbocycles. The molecule has 3 nitrogen and oxygen atoms in total. The molecule has 1 unspecified atom stereocenters. The Balaban J connectivity index is 2.58. The smallest absolute Gasteiger partial charge is 0.248 e. The summed E-state index contributed by atoms with van der Waals surface area (Å²) < 4.78 is 60.7. The predicted molar refractivity (Wildman–Crippen MR) is 49.6 cm³/mol. The van der Waals surface area contributed by atoms with Crippen LogP contribution in [0.2, 0.25) is 0 Å². The lowest BCUT2D eigenvalue weighted by atomic mass is 10.8. The second kappa shape index (κ2) is 4.50. The van der Waals surface area contributed by atoms with Gasteiger partial charge in [-0.2, -0.15) is 33.4 Å². The Morgan fingerprint density at radius 3 is 2.36 bits per heavy atom. The van der Waals surface area contributed by atoms with Crippen LogP contribution < -0.4 is 0 Å². The molecular weight excluding hydrogens is 261 g/mol. The summed E-state index contributed by atoms with van der Waals surface area (Å²) in [4.78, 5) is 0. The molecule has 1 heterocycles. The Bertz CT molecular complexity index is 280. The lowest BCUT2D eigenvalue weighted by Gasteiger charge is -2.21. The summed E-state index contributed by atoms with van der Waals surface area (Å²) >= 11 is 2.46. The standard InChI is InChI=1S/C5H7F3O3S3/c6-5(7,8)14(9,10)11-4-3-12-1-2-13-4/h4H,1-3H2. The average Bonchev–Trinajstić information content (AvgIpc) is 2.03. The fourth-order valence-corrected chi connectivity index (χ4v) is 4.02. The van der Waals surface area contributed by atoms with Gasteiger partial charge in [0.25, 0.3) is 0 Å². The molecule has 0 aromatic rings. The van der Waals surface area contributed by atoms with Crippen LogP contribution in [0.3, 0.4) is 0 Å².